The molecule has 0 amide bonds. The van der Waals surface area contributed by atoms with E-state index in [4.69, 9.17) is 0 Å². The average molecular weight is 819 g/mol. The van der Waals surface area contributed by atoms with Crippen LogP contribution in [0.5, 0.6) is 0 Å². The van der Waals surface area contributed by atoms with Crippen LogP contribution < -0.4 is 9.80 Å². The Balaban J connectivity index is 1.16. The van der Waals surface area contributed by atoms with Crippen LogP contribution in [-0.2, 0) is 19.3 Å². The predicted octanol–water partition coefficient (Wildman–Crippen LogP) is 16.9. The molecule has 2 heterocycles. The maximum absolute atomic E-state index is 2.57. The van der Waals surface area contributed by atoms with Gasteiger partial charge in [-0.2, -0.15) is 0 Å². The van der Waals surface area contributed by atoms with Gasteiger partial charge >= 0.3 is 0 Å². The van der Waals surface area contributed by atoms with Crippen LogP contribution >= 0.6 is 0 Å². The Morgan fingerprint density at radius 1 is 0.328 bits per heavy atom. The zero-order valence-corrected chi connectivity index (χ0v) is 35.8. The third kappa shape index (κ3) is 6.01. The van der Waals surface area contributed by atoms with E-state index >= 15 is 0 Å². The van der Waals surface area contributed by atoms with Gasteiger partial charge in [0.25, 0.3) is 0 Å². The number of allylic oxidation sites excluding steroid dienone is 3. The second kappa shape index (κ2) is 15.0. The summed E-state index contributed by atoms with van der Waals surface area (Å²) < 4.78 is 0. The number of anilines is 5. The highest BCUT2D eigenvalue weighted by Crippen LogP contribution is 2.50. The molecule has 0 saturated carbocycles. The highest BCUT2D eigenvalue weighted by atomic mass is 15.2. The smallest absolute Gasteiger partial charge is 0.0493 e. The normalized spacial score (nSPS) is 14.6. The van der Waals surface area contributed by atoms with Crippen molar-refractivity contribution >= 4 is 71.5 Å². The third-order valence-electron chi connectivity index (χ3n) is 14.2. The van der Waals surface area contributed by atoms with Gasteiger partial charge in [-0.15, -0.1) is 0 Å². The first-order valence-electron chi connectivity index (χ1n) is 23.0. The van der Waals surface area contributed by atoms with E-state index in [9.17, 15) is 0 Å². The van der Waals surface area contributed by atoms with E-state index in [1.54, 1.807) is 5.57 Å². The van der Waals surface area contributed by atoms with Gasteiger partial charge in [-0.1, -0.05) is 146 Å². The van der Waals surface area contributed by atoms with Gasteiger partial charge in [0.2, 0.25) is 0 Å². The molecule has 0 radical (unpaired) electrons. The molecule has 3 aliphatic rings. The van der Waals surface area contributed by atoms with Crippen LogP contribution in [0.2, 0.25) is 0 Å². The molecule has 2 heteroatoms. The molecule has 0 aromatic heterocycles. The van der Waals surface area contributed by atoms with Gasteiger partial charge < -0.3 is 9.80 Å². The molecular weight excluding hydrogens is 773 g/mol. The molecule has 0 fully saturated rings. The van der Waals surface area contributed by atoms with Crippen molar-refractivity contribution in [3.8, 4) is 22.3 Å². The first kappa shape index (κ1) is 36.9. The van der Waals surface area contributed by atoms with Crippen LogP contribution in [0.1, 0.15) is 36.0 Å². The standard InChI is InChI=1S/C62H46N2/c1-3-19-47-37-49(31-25-41(47)13-1)61-53-35-33-51(63-57-21-9-5-15-43(57)27-28-44-16-6-10-22-58(44)63)39-55(53)62(50-32-26-42-14-2-4-20-48(42)38-50)56-40-52(34-36-54(56)61)64-59-23-11-7-17-45(59)29-30-46-18-8-12-24-60(46)64/h1-7,9-17,19-26,31-40H,8,18,27-30H2. The SMILES string of the molecule is C1=CC2=C(CC1)CCc1ccccc1N2c1ccc2c(-c3ccc4ccccc4c3)c3ccc(N4c5ccccc5CCc5ccccc54)cc3c(-c3ccc4ccccc4c3)c2c1. The molecule has 10 aromatic rings. The molecule has 0 unspecified atom stereocenters. The van der Waals surface area contributed by atoms with E-state index in [2.05, 4.69) is 216 Å². The molecule has 13 rings (SSSR count). The Morgan fingerprint density at radius 3 is 1.34 bits per heavy atom. The number of hydrogen-bond donors (Lipinski definition) is 0. The van der Waals surface area contributed by atoms with Crippen molar-refractivity contribution in [2.24, 2.45) is 0 Å². The van der Waals surface area contributed by atoms with Crippen molar-refractivity contribution in [2.45, 2.75) is 38.5 Å². The van der Waals surface area contributed by atoms with Gasteiger partial charge in [-0.3, -0.25) is 0 Å². The van der Waals surface area contributed by atoms with Crippen LogP contribution in [-0.4, -0.2) is 0 Å². The van der Waals surface area contributed by atoms with Crippen molar-refractivity contribution in [1.82, 2.24) is 0 Å². The summed E-state index contributed by atoms with van der Waals surface area (Å²) in [5.41, 5.74) is 18.1. The summed E-state index contributed by atoms with van der Waals surface area (Å²) in [7, 11) is 0. The minimum atomic E-state index is 1.01. The van der Waals surface area contributed by atoms with Crippen molar-refractivity contribution in [1.29, 1.82) is 0 Å². The summed E-state index contributed by atoms with van der Waals surface area (Å²) in [4.78, 5) is 5.09. The Hall–Kier alpha value is -7.68. The molecule has 0 bridgehead atoms. The van der Waals surface area contributed by atoms with Gasteiger partial charge in [0.15, 0.2) is 0 Å². The fourth-order valence-electron chi connectivity index (χ4n) is 11.2. The number of para-hydroxylation sites is 3. The molecule has 0 atom stereocenters. The first-order valence-corrected chi connectivity index (χ1v) is 23.0. The lowest BCUT2D eigenvalue weighted by molar-refractivity contribution is 0.833. The number of aryl methyl sites for hydroxylation is 3. The van der Waals surface area contributed by atoms with Crippen molar-refractivity contribution in [2.75, 3.05) is 9.80 Å². The Labute approximate surface area is 374 Å². The lowest BCUT2D eigenvalue weighted by Crippen LogP contribution is -2.18. The molecule has 304 valence electrons. The third-order valence-corrected chi connectivity index (χ3v) is 14.2. The zero-order valence-electron chi connectivity index (χ0n) is 35.8. The Morgan fingerprint density at radius 2 is 0.781 bits per heavy atom. The average Bonchev–Trinajstić information content (AvgIpc) is 3.63. The minimum absolute atomic E-state index is 1.01. The van der Waals surface area contributed by atoms with Gasteiger partial charge in [0.1, 0.15) is 0 Å². The minimum Gasteiger partial charge on any atom is -0.310 e. The van der Waals surface area contributed by atoms with Gasteiger partial charge in [0, 0.05) is 34.1 Å². The molecule has 10 aromatic carbocycles. The number of fused-ring (bicyclic) bond motifs is 7. The quantitative estimate of drug-likeness (QED) is 0.163. The van der Waals surface area contributed by atoms with E-state index in [0.29, 0.717) is 0 Å². The molecule has 64 heavy (non-hydrogen) atoms. The van der Waals surface area contributed by atoms with Crippen LogP contribution in [0, 0.1) is 0 Å². The van der Waals surface area contributed by atoms with Crippen molar-refractivity contribution in [3.05, 3.63) is 234 Å². The molecule has 0 saturated heterocycles. The maximum atomic E-state index is 2.57. The lowest BCUT2D eigenvalue weighted by atomic mass is 9.84. The Bertz CT molecular complexity index is 3540. The zero-order chi connectivity index (χ0) is 42.1. The molecule has 2 aliphatic heterocycles. The van der Waals surface area contributed by atoms with Crippen LogP contribution in [0.15, 0.2) is 218 Å². The van der Waals surface area contributed by atoms with E-state index in [0.717, 1.165) is 38.5 Å². The molecule has 0 N–H and O–H groups in total. The van der Waals surface area contributed by atoms with E-state index < -0.39 is 0 Å². The summed E-state index contributed by atoms with van der Waals surface area (Å²) in [5.74, 6) is 0. The monoisotopic (exact) mass is 818 g/mol. The van der Waals surface area contributed by atoms with Crippen LogP contribution in [0.4, 0.5) is 28.4 Å². The molecule has 0 spiro atoms. The fourth-order valence-corrected chi connectivity index (χ4v) is 11.2. The highest BCUT2D eigenvalue weighted by molar-refractivity contribution is 6.23. The van der Waals surface area contributed by atoms with E-state index in [1.165, 1.54) is 116 Å². The van der Waals surface area contributed by atoms with E-state index in [1.807, 2.05) is 0 Å². The topological polar surface area (TPSA) is 6.48 Å². The number of rotatable bonds is 4. The second-order valence-corrected chi connectivity index (χ2v) is 17.8. The molecular formula is C62H46N2. The van der Waals surface area contributed by atoms with Crippen molar-refractivity contribution < 1.29 is 0 Å². The van der Waals surface area contributed by atoms with Crippen LogP contribution in [0.3, 0.4) is 0 Å². The molecule has 2 nitrogen and oxygen atoms in total. The summed E-state index contributed by atoms with van der Waals surface area (Å²) in [6, 6.07) is 73.3. The fraction of sp³-hybridized carbons (Fsp3) is 0.0968. The number of nitrogens with zero attached hydrogens (tertiary/aromatic N) is 2. The first-order chi connectivity index (χ1) is 31.7. The van der Waals surface area contributed by atoms with Gasteiger partial charge in [-0.05, 0) is 187 Å². The van der Waals surface area contributed by atoms with Crippen LogP contribution in [0.25, 0.3) is 65.3 Å². The highest BCUT2D eigenvalue weighted by Gasteiger charge is 2.27. The largest absolute Gasteiger partial charge is 0.310 e. The summed E-state index contributed by atoms with van der Waals surface area (Å²) in [6.45, 7) is 0. The Kier molecular flexibility index (Phi) is 8.65. The van der Waals surface area contributed by atoms with E-state index in [-0.39, 0.29) is 0 Å². The predicted molar refractivity (Wildman–Crippen MR) is 272 cm³/mol. The van der Waals surface area contributed by atoms with Crippen molar-refractivity contribution in [3.63, 3.8) is 0 Å². The van der Waals surface area contributed by atoms with Gasteiger partial charge in [-0.25, -0.2) is 0 Å². The maximum Gasteiger partial charge on any atom is 0.0493 e. The summed E-state index contributed by atoms with van der Waals surface area (Å²) in [5, 5.41) is 9.98. The lowest BCUT2D eigenvalue weighted by Gasteiger charge is -2.30. The number of benzene rings is 10. The molecule has 1 aliphatic carbocycles. The number of hydrogen-bond acceptors (Lipinski definition) is 2. The summed E-state index contributed by atoms with van der Waals surface area (Å²) >= 11 is 0. The van der Waals surface area contributed by atoms with Gasteiger partial charge in [0.05, 0.1) is 0 Å². The second-order valence-electron chi connectivity index (χ2n) is 17.8. The summed E-state index contributed by atoms with van der Waals surface area (Å²) in [6.07, 6.45) is 11.1.